The molecule has 7 nitrogen and oxygen atoms in total. The fourth-order valence-electron chi connectivity index (χ4n) is 3.61. The maximum Gasteiger partial charge on any atom is 0.191 e. The van der Waals surface area contributed by atoms with Crippen LogP contribution >= 0.6 is 24.0 Å². The van der Waals surface area contributed by atoms with Gasteiger partial charge in [-0.05, 0) is 37.6 Å². The second-order valence-corrected chi connectivity index (χ2v) is 9.54. The molecule has 2 aliphatic heterocycles. The Kier molecular flexibility index (Phi) is 9.41. The third-order valence-corrected chi connectivity index (χ3v) is 6.94. The Morgan fingerprint density at radius 3 is 2.48 bits per heavy atom. The van der Waals surface area contributed by atoms with Crippen molar-refractivity contribution in [3.63, 3.8) is 0 Å². The molecule has 0 amide bonds. The highest BCUT2D eigenvalue weighted by molar-refractivity contribution is 14.0. The van der Waals surface area contributed by atoms with E-state index in [1.54, 1.807) is 0 Å². The first-order valence-electron chi connectivity index (χ1n) is 9.93. The molecular formula is C19H31FIN5O2S. The Bertz CT molecular complexity index is 767. The molecule has 2 fully saturated rings. The fourth-order valence-corrected chi connectivity index (χ4v) is 5.28. The molecule has 2 saturated heterocycles. The number of nitrogens with zero attached hydrogens (tertiary/aromatic N) is 3. The van der Waals surface area contributed by atoms with Gasteiger partial charge in [0.2, 0.25) is 0 Å². The van der Waals surface area contributed by atoms with Crippen LogP contribution in [0.25, 0.3) is 0 Å². The summed E-state index contributed by atoms with van der Waals surface area (Å²) in [7, 11) is -2.90. The summed E-state index contributed by atoms with van der Waals surface area (Å²) in [5.74, 6) is 0.917. The zero-order valence-corrected chi connectivity index (χ0v) is 20.0. The van der Waals surface area contributed by atoms with E-state index in [0.29, 0.717) is 18.9 Å². The van der Waals surface area contributed by atoms with Crippen molar-refractivity contribution in [2.24, 2.45) is 4.99 Å². The number of nitrogens with one attached hydrogen (secondary N) is 2. The number of anilines is 1. The highest BCUT2D eigenvalue weighted by Crippen LogP contribution is 2.16. The minimum absolute atomic E-state index is 0. The summed E-state index contributed by atoms with van der Waals surface area (Å²) >= 11 is 0. The van der Waals surface area contributed by atoms with Crippen LogP contribution in [0.2, 0.25) is 0 Å². The van der Waals surface area contributed by atoms with Gasteiger partial charge in [0.25, 0.3) is 0 Å². The standard InChI is InChI=1S/C19H30FN5O2S.HI/c1-2-21-19(23-17-7-14-28(26,27)15-17)22-8-9-24-10-12-25(13-11-24)18-5-3-16(20)4-6-18;/h3-6,17H,2,7-15H2,1H3,(H2,21,22,23);1H. The lowest BCUT2D eigenvalue weighted by atomic mass is 10.2. The Labute approximate surface area is 190 Å². The van der Waals surface area contributed by atoms with Crippen LogP contribution in [0.3, 0.4) is 0 Å². The number of sulfone groups is 1. The Balaban J connectivity index is 0.00000300. The lowest BCUT2D eigenvalue weighted by molar-refractivity contribution is 0.265. The first-order chi connectivity index (χ1) is 13.4. The van der Waals surface area contributed by atoms with Gasteiger partial charge in [0.1, 0.15) is 5.82 Å². The molecular weight excluding hydrogens is 508 g/mol. The minimum Gasteiger partial charge on any atom is -0.369 e. The number of halogens is 2. The van der Waals surface area contributed by atoms with Crippen LogP contribution in [0.15, 0.2) is 29.3 Å². The van der Waals surface area contributed by atoms with Crippen LogP contribution in [0, 0.1) is 5.82 Å². The second-order valence-electron chi connectivity index (χ2n) is 7.31. The first-order valence-corrected chi connectivity index (χ1v) is 11.8. The quantitative estimate of drug-likeness (QED) is 0.323. The van der Waals surface area contributed by atoms with E-state index in [9.17, 15) is 12.8 Å². The minimum atomic E-state index is -2.90. The van der Waals surface area contributed by atoms with E-state index in [2.05, 4.69) is 25.4 Å². The van der Waals surface area contributed by atoms with E-state index in [0.717, 1.165) is 45.0 Å². The van der Waals surface area contributed by atoms with Gasteiger partial charge in [-0.1, -0.05) is 0 Å². The van der Waals surface area contributed by atoms with Gasteiger partial charge in [0.15, 0.2) is 15.8 Å². The van der Waals surface area contributed by atoms with Crippen LogP contribution in [-0.4, -0.2) is 82.6 Å². The van der Waals surface area contributed by atoms with Gasteiger partial charge < -0.3 is 15.5 Å². The van der Waals surface area contributed by atoms with Crippen molar-refractivity contribution >= 4 is 45.5 Å². The van der Waals surface area contributed by atoms with Crippen molar-refractivity contribution in [3.8, 4) is 0 Å². The lowest BCUT2D eigenvalue weighted by Gasteiger charge is -2.35. The molecule has 1 unspecified atom stereocenters. The average Bonchev–Trinajstić information content (AvgIpc) is 3.01. The Hall–Kier alpha value is -1.14. The summed E-state index contributed by atoms with van der Waals surface area (Å²) in [5, 5.41) is 6.44. The van der Waals surface area contributed by atoms with Gasteiger partial charge >= 0.3 is 0 Å². The van der Waals surface area contributed by atoms with E-state index in [-0.39, 0.29) is 47.3 Å². The number of rotatable bonds is 6. The predicted molar refractivity (Wildman–Crippen MR) is 127 cm³/mol. The Morgan fingerprint density at radius 2 is 1.90 bits per heavy atom. The highest BCUT2D eigenvalue weighted by atomic mass is 127. The molecule has 2 N–H and O–H groups in total. The zero-order chi connectivity index (χ0) is 20.0. The van der Waals surface area contributed by atoms with Gasteiger partial charge in [-0.25, -0.2) is 12.8 Å². The van der Waals surface area contributed by atoms with E-state index in [1.807, 2.05) is 19.1 Å². The van der Waals surface area contributed by atoms with Crippen molar-refractivity contribution in [1.82, 2.24) is 15.5 Å². The molecule has 2 aliphatic rings. The van der Waals surface area contributed by atoms with E-state index < -0.39 is 9.84 Å². The van der Waals surface area contributed by atoms with Gasteiger partial charge in [-0.3, -0.25) is 9.89 Å². The number of piperazine rings is 1. The third kappa shape index (κ3) is 7.56. The fraction of sp³-hybridized carbons (Fsp3) is 0.632. The molecule has 0 radical (unpaired) electrons. The first kappa shape index (κ1) is 24.1. The van der Waals surface area contributed by atoms with Gasteiger partial charge in [0, 0.05) is 51.0 Å². The van der Waals surface area contributed by atoms with Gasteiger partial charge in [-0.15, -0.1) is 24.0 Å². The molecule has 3 rings (SSSR count). The van der Waals surface area contributed by atoms with Crippen LogP contribution in [0.5, 0.6) is 0 Å². The average molecular weight is 539 g/mol. The number of hydrogen-bond donors (Lipinski definition) is 2. The van der Waals surface area contributed by atoms with Crippen molar-refractivity contribution in [2.45, 2.75) is 19.4 Å². The molecule has 2 heterocycles. The third-order valence-electron chi connectivity index (χ3n) is 5.17. The Morgan fingerprint density at radius 1 is 1.21 bits per heavy atom. The monoisotopic (exact) mass is 539 g/mol. The summed E-state index contributed by atoms with van der Waals surface area (Å²) < 4.78 is 36.3. The zero-order valence-electron chi connectivity index (χ0n) is 16.8. The molecule has 29 heavy (non-hydrogen) atoms. The summed E-state index contributed by atoms with van der Waals surface area (Å²) in [5.41, 5.74) is 1.06. The number of hydrogen-bond acceptors (Lipinski definition) is 5. The smallest absolute Gasteiger partial charge is 0.191 e. The summed E-state index contributed by atoms with van der Waals surface area (Å²) in [4.78, 5) is 9.25. The summed E-state index contributed by atoms with van der Waals surface area (Å²) in [6, 6.07) is 6.60. The molecule has 164 valence electrons. The van der Waals surface area contributed by atoms with Crippen LogP contribution < -0.4 is 15.5 Å². The van der Waals surface area contributed by atoms with Crippen molar-refractivity contribution < 1.29 is 12.8 Å². The van der Waals surface area contributed by atoms with Crippen molar-refractivity contribution in [2.75, 3.05) is 62.2 Å². The second kappa shape index (κ2) is 11.3. The summed E-state index contributed by atoms with van der Waals surface area (Å²) in [6.07, 6.45) is 0.637. The number of aliphatic imine (C=N–C) groups is 1. The molecule has 1 aromatic carbocycles. The molecule has 0 aliphatic carbocycles. The maximum atomic E-state index is 13.1. The van der Waals surface area contributed by atoms with E-state index >= 15 is 0 Å². The molecule has 0 bridgehead atoms. The molecule has 10 heteroatoms. The normalized spacial score (nSPS) is 22.2. The molecule has 0 aromatic heterocycles. The van der Waals surface area contributed by atoms with Crippen molar-refractivity contribution in [1.29, 1.82) is 0 Å². The largest absolute Gasteiger partial charge is 0.369 e. The molecule has 0 spiro atoms. The number of guanidine groups is 1. The molecule has 1 atom stereocenters. The van der Waals surface area contributed by atoms with E-state index in [4.69, 9.17) is 0 Å². The van der Waals surface area contributed by atoms with E-state index in [1.165, 1.54) is 12.1 Å². The van der Waals surface area contributed by atoms with Crippen molar-refractivity contribution in [3.05, 3.63) is 30.1 Å². The predicted octanol–water partition coefficient (Wildman–Crippen LogP) is 1.31. The maximum absolute atomic E-state index is 13.1. The van der Waals surface area contributed by atoms with Crippen LogP contribution in [0.4, 0.5) is 10.1 Å². The molecule has 1 aromatic rings. The lowest BCUT2D eigenvalue weighted by Crippen LogP contribution is -2.47. The SMILES string of the molecule is CCNC(=NCCN1CCN(c2ccc(F)cc2)CC1)NC1CCS(=O)(=O)C1.I. The van der Waals surface area contributed by atoms with Crippen LogP contribution in [0.1, 0.15) is 13.3 Å². The number of benzene rings is 1. The van der Waals surface area contributed by atoms with Gasteiger partial charge in [0.05, 0.1) is 18.1 Å². The van der Waals surface area contributed by atoms with Gasteiger partial charge in [-0.2, -0.15) is 0 Å². The van der Waals surface area contributed by atoms with Crippen LogP contribution in [-0.2, 0) is 9.84 Å². The topological polar surface area (TPSA) is 77.0 Å². The molecule has 0 saturated carbocycles. The summed E-state index contributed by atoms with van der Waals surface area (Å²) in [6.45, 7) is 7.96. The highest BCUT2D eigenvalue weighted by Gasteiger charge is 2.28.